The van der Waals surface area contributed by atoms with Gasteiger partial charge in [-0.2, -0.15) is 0 Å². The van der Waals surface area contributed by atoms with Crippen LogP contribution in [0.2, 0.25) is 0 Å². The van der Waals surface area contributed by atoms with Crippen molar-refractivity contribution in [3.05, 3.63) is 35.4 Å². The van der Waals surface area contributed by atoms with Gasteiger partial charge in [0.25, 0.3) is 0 Å². The van der Waals surface area contributed by atoms with E-state index in [1.165, 1.54) is 18.2 Å². The van der Waals surface area contributed by atoms with E-state index in [0.717, 1.165) is 19.5 Å². The van der Waals surface area contributed by atoms with Crippen LogP contribution in [0.4, 0.5) is 4.79 Å². The number of hydrogen-bond acceptors (Lipinski definition) is 3. The zero-order valence-corrected chi connectivity index (χ0v) is 10.4. The molecule has 0 spiro atoms. The summed E-state index contributed by atoms with van der Waals surface area (Å²) < 4.78 is 0. The maximum absolute atomic E-state index is 11.6. The van der Waals surface area contributed by atoms with E-state index in [1.54, 1.807) is 0 Å². The van der Waals surface area contributed by atoms with E-state index in [-0.39, 0.29) is 12.5 Å². The molecule has 0 bridgehead atoms. The molecule has 2 rings (SSSR count). The average Bonchev–Trinajstić information content (AvgIpc) is 2.38. The van der Waals surface area contributed by atoms with E-state index in [9.17, 15) is 9.59 Å². The van der Waals surface area contributed by atoms with Gasteiger partial charge >= 0.3 is 6.03 Å². The Kier molecular flexibility index (Phi) is 3.94. The Bertz CT molecular complexity index is 459. The van der Waals surface area contributed by atoms with Crippen molar-refractivity contribution < 1.29 is 9.59 Å². The number of urea groups is 1. The number of amides is 3. The fourth-order valence-electron chi connectivity index (χ4n) is 2.12. The van der Waals surface area contributed by atoms with Crippen LogP contribution < -0.4 is 10.6 Å². The summed E-state index contributed by atoms with van der Waals surface area (Å²) in [6, 6.07) is 7.78. The van der Waals surface area contributed by atoms with Crippen LogP contribution in [-0.4, -0.2) is 37.0 Å². The average molecular weight is 247 g/mol. The Morgan fingerprint density at radius 1 is 1.28 bits per heavy atom. The number of carbonyl (C=O) groups is 2. The van der Waals surface area contributed by atoms with Crippen LogP contribution in [-0.2, 0) is 17.8 Å². The molecule has 0 saturated heterocycles. The Hall–Kier alpha value is -1.88. The highest BCUT2D eigenvalue weighted by Gasteiger charge is 2.18. The Morgan fingerprint density at radius 3 is 2.72 bits per heavy atom. The smallest absolute Gasteiger partial charge is 0.321 e. The molecule has 1 heterocycles. The summed E-state index contributed by atoms with van der Waals surface area (Å²) in [5.41, 5.74) is 2.61. The van der Waals surface area contributed by atoms with Gasteiger partial charge in [0, 0.05) is 20.1 Å². The number of imide groups is 1. The van der Waals surface area contributed by atoms with Crippen LogP contribution >= 0.6 is 0 Å². The van der Waals surface area contributed by atoms with E-state index in [2.05, 4.69) is 22.8 Å². The molecule has 0 fully saturated rings. The molecular formula is C13H17N3O2. The SMILES string of the molecule is CNC(=O)NC(=O)CN1CCc2ccccc2C1. The second kappa shape index (κ2) is 5.64. The fourth-order valence-corrected chi connectivity index (χ4v) is 2.12. The van der Waals surface area contributed by atoms with Crippen molar-refractivity contribution in [2.75, 3.05) is 20.1 Å². The first kappa shape index (κ1) is 12.6. The standard InChI is InChI=1S/C13H17N3O2/c1-14-13(18)15-12(17)9-16-7-6-10-4-2-3-5-11(10)8-16/h2-5H,6-9H2,1H3,(H2,14,15,17,18). The Labute approximate surface area is 106 Å². The van der Waals surface area contributed by atoms with Crippen LogP contribution in [0.3, 0.4) is 0 Å². The quantitative estimate of drug-likeness (QED) is 0.800. The Morgan fingerprint density at radius 2 is 2.00 bits per heavy atom. The van der Waals surface area contributed by atoms with Gasteiger partial charge in [0.1, 0.15) is 0 Å². The van der Waals surface area contributed by atoms with Gasteiger partial charge in [-0.15, -0.1) is 0 Å². The number of carbonyl (C=O) groups excluding carboxylic acids is 2. The summed E-state index contributed by atoms with van der Waals surface area (Å²) in [6.07, 6.45) is 0.948. The lowest BCUT2D eigenvalue weighted by Crippen LogP contribution is -2.44. The number of nitrogens with zero attached hydrogens (tertiary/aromatic N) is 1. The lowest BCUT2D eigenvalue weighted by Gasteiger charge is -2.27. The van der Waals surface area contributed by atoms with Crippen molar-refractivity contribution in [1.29, 1.82) is 0 Å². The Balaban J connectivity index is 1.90. The van der Waals surface area contributed by atoms with Gasteiger partial charge in [-0.05, 0) is 17.5 Å². The van der Waals surface area contributed by atoms with Crippen LogP contribution in [0.15, 0.2) is 24.3 Å². The molecule has 3 amide bonds. The highest BCUT2D eigenvalue weighted by Crippen LogP contribution is 2.17. The molecular weight excluding hydrogens is 230 g/mol. The molecule has 5 nitrogen and oxygen atoms in total. The predicted molar refractivity (Wildman–Crippen MR) is 68.0 cm³/mol. The van der Waals surface area contributed by atoms with E-state index in [4.69, 9.17) is 0 Å². The van der Waals surface area contributed by atoms with Gasteiger partial charge in [0.15, 0.2) is 0 Å². The molecule has 0 atom stereocenters. The lowest BCUT2D eigenvalue weighted by molar-refractivity contribution is -0.121. The first-order valence-electron chi connectivity index (χ1n) is 5.99. The summed E-state index contributed by atoms with van der Waals surface area (Å²) in [4.78, 5) is 24.6. The molecule has 18 heavy (non-hydrogen) atoms. The third-order valence-corrected chi connectivity index (χ3v) is 3.06. The van der Waals surface area contributed by atoms with Crippen LogP contribution in [0.5, 0.6) is 0 Å². The molecule has 0 aliphatic carbocycles. The molecule has 96 valence electrons. The normalized spacial score (nSPS) is 14.7. The van der Waals surface area contributed by atoms with Crippen molar-refractivity contribution >= 4 is 11.9 Å². The van der Waals surface area contributed by atoms with Gasteiger partial charge < -0.3 is 5.32 Å². The van der Waals surface area contributed by atoms with Gasteiger partial charge in [0.05, 0.1) is 6.54 Å². The molecule has 1 aromatic carbocycles. The minimum atomic E-state index is -0.461. The third-order valence-electron chi connectivity index (χ3n) is 3.06. The number of benzene rings is 1. The zero-order valence-electron chi connectivity index (χ0n) is 10.4. The van der Waals surface area contributed by atoms with E-state index in [1.807, 2.05) is 17.0 Å². The molecule has 0 radical (unpaired) electrons. The summed E-state index contributed by atoms with van der Waals surface area (Å²) in [6.45, 7) is 1.86. The van der Waals surface area contributed by atoms with Gasteiger partial charge in [-0.25, -0.2) is 4.79 Å². The number of nitrogens with one attached hydrogen (secondary N) is 2. The molecule has 1 aromatic rings. The summed E-state index contributed by atoms with van der Waals surface area (Å²) in [7, 11) is 1.49. The third kappa shape index (κ3) is 3.07. The second-order valence-corrected chi connectivity index (χ2v) is 4.36. The molecule has 0 unspecified atom stereocenters. The first-order chi connectivity index (χ1) is 8.69. The largest absolute Gasteiger partial charge is 0.341 e. The van der Waals surface area contributed by atoms with E-state index >= 15 is 0 Å². The van der Waals surface area contributed by atoms with E-state index < -0.39 is 6.03 Å². The lowest BCUT2D eigenvalue weighted by atomic mass is 10.00. The number of fused-ring (bicyclic) bond motifs is 1. The number of hydrogen-bond donors (Lipinski definition) is 2. The van der Waals surface area contributed by atoms with Crippen LogP contribution in [0.25, 0.3) is 0 Å². The van der Waals surface area contributed by atoms with Crippen molar-refractivity contribution in [2.24, 2.45) is 0 Å². The molecule has 1 aliphatic rings. The summed E-state index contributed by atoms with van der Waals surface area (Å²) in [5, 5.41) is 4.63. The minimum Gasteiger partial charge on any atom is -0.341 e. The van der Waals surface area contributed by atoms with Crippen molar-refractivity contribution in [3.8, 4) is 0 Å². The predicted octanol–water partition coefficient (Wildman–Crippen LogP) is 0.500. The van der Waals surface area contributed by atoms with Crippen LogP contribution in [0, 0.1) is 0 Å². The minimum absolute atomic E-state index is 0.252. The summed E-state index contributed by atoms with van der Waals surface area (Å²) >= 11 is 0. The van der Waals surface area contributed by atoms with E-state index in [0.29, 0.717) is 0 Å². The van der Waals surface area contributed by atoms with Crippen molar-refractivity contribution in [3.63, 3.8) is 0 Å². The molecule has 2 N–H and O–H groups in total. The van der Waals surface area contributed by atoms with Gasteiger partial charge in [-0.3, -0.25) is 15.0 Å². The zero-order chi connectivity index (χ0) is 13.0. The van der Waals surface area contributed by atoms with Crippen LogP contribution in [0.1, 0.15) is 11.1 Å². The molecule has 0 aromatic heterocycles. The molecule has 5 heteroatoms. The van der Waals surface area contributed by atoms with Crippen molar-refractivity contribution in [1.82, 2.24) is 15.5 Å². The highest BCUT2D eigenvalue weighted by molar-refractivity contribution is 5.95. The number of rotatable bonds is 2. The van der Waals surface area contributed by atoms with Gasteiger partial charge in [0.2, 0.25) is 5.91 Å². The molecule has 0 saturated carbocycles. The fraction of sp³-hybridized carbons (Fsp3) is 0.385. The maximum atomic E-state index is 11.6. The van der Waals surface area contributed by atoms with Gasteiger partial charge in [-0.1, -0.05) is 24.3 Å². The topological polar surface area (TPSA) is 61.4 Å². The second-order valence-electron chi connectivity index (χ2n) is 4.36. The summed E-state index contributed by atoms with van der Waals surface area (Å²) in [5.74, 6) is -0.270. The highest BCUT2D eigenvalue weighted by atomic mass is 16.2. The molecule has 1 aliphatic heterocycles. The monoisotopic (exact) mass is 247 g/mol. The first-order valence-corrected chi connectivity index (χ1v) is 5.99. The van der Waals surface area contributed by atoms with Crippen molar-refractivity contribution in [2.45, 2.75) is 13.0 Å². The maximum Gasteiger partial charge on any atom is 0.321 e.